The summed E-state index contributed by atoms with van der Waals surface area (Å²) in [5.74, 6) is 1.62. The molecule has 0 saturated carbocycles. The number of carbonyl (C=O) groups excluding carboxylic acids is 1. The molecule has 1 aromatic carbocycles. The third kappa shape index (κ3) is 3.50. The van der Waals surface area contributed by atoms with E-state index >= 15 is 0 Å². The molecule has 0 bridgehead atoms. The molecule has 4 aromatic rings. The number of amides is 1. The standard InChI is InChI=1S/C24H24N6O4S/c1-24(2)12-33-6-5-29(24)23(31)20-17-10-34-19-9-18(32-3)16(22-25-13-26-27-22)8-15(19)21(17)30(28-20)14-4-7-35-11-14/h4,7-9,11,13H,5-6,10,12H2,1-3H3,(H,25,26,27). The molecule has 1 saturated heterocycles. The number of fused-ring (bicyclic) bond motifs is 3. The number of morpholine rings is 1. The van der Waals surface area contributed by atoms with Gasteiger partial charge in [0.2, 0.25) is 0 Å². The Bertz CT molecular complexity index is 1390. The van der Waals surface area contributed by atoms with Crippen molar-refractivity contribution in [1.82, 2.24) is 29.9 Å². The number of nitrogens with one attached hydrogen (secondary N) is 1. The predicted octanol–water partition coefficient (Wildman–Crippen LogP) is 3.54. The Hall–Kier alpha value is -3.70. The van der Waals surface area contributed by atoms with E-state index in [-0.39, 0.29) is 12.5 Å². The van der Waals surface area contributed by atoms with Gasteiger partial charge in [-0.2, -0.15) is 21.5 Å². The first-order valence-electron chi connectivity index (χ1n) is 11.2. The SMILES string of the molecule is COc1cc2c(cc1-c1nc[nH]n1)-c1c(c(C(=O)N3CCOCC3(C)C)nn1-c1ccsc1)CO2. The molecule has 0 aliphatic carbocycles. The number of aromatic amines is 1. The molecule has 1 amide bonds. The fourth-order valence-corrected chi connectivity index (χ4v) is 5.28. The van der Waals surface area contributed by atoms with Crippen molar-refractivity contribution in [2.45, 2.75) is 26.0 Å². The van der Waals surface area contributed by atoms with Crippen molar-refractivity contribution in [3.63, 3.8) is 0 Å². The summed E-state index contributed by atoms with van der Waals surface area (Å²) in [5, 5.41) is 15.8. The summed E-state index contributed by atoms with van der Waals surface area (Å²) in [5.41, 5.74) is 3.92. The zero-order valence-corrected chi connectivity index (χ0v) is 20.4. The minimum atomic E-state index is -0.437. The Morgan fingerprint density at radius 2 is 2.17 bits per heavy atom. The van der Waals surface area contributed by atoms with Crippen LogP contribution in [0.15, 0.2) is 35.3 Å². The van der Waals surface area contributed by atoms with Crippen LogP contribution in [0.1, 0.15) is 29.9 Å². The minimum Gasteiger partial charge on any atom is -0.496 e. The van der Waals surface area contributed by atoms with E-state index in [1.807, 2.05) is 52.4 Å². The van der Waals surface area contributed by atoms with Gasteiger partial charge in [-0.05, 0) is 31.4 Å². The monoisotopic (exact) mass is 492 g/mol. The van der Waals surface area contributed by atoms with E-state index in [1.54, 1.807) is 18.4 Å². The molecule has 2 aliphatic rings. The summed E-state index contributed by atoms with van der Waals surface area (Å²) in [6.45, 7) is 5.73. The molecule has 3 aromatic heterocycles. The fourth-order valence-electron chi connectivity index (χ4n) is 4.66. The molecule has 11 heteroatoms. The van der Waals surface area contributed by atoms with Crippen LogP contribution in [0.25, 0.3) is 28.3 Å². The molecular weight excluding hydrogens is 468 g/mol. The second-order valence-electron chi connectivity index (χ2n) is 9.05. The van der Waals surface area contributed by atoms with Crippen LogP contribution in [0.3, 0.4) is 0 Å². The molecule has 5 heterocycles. The van der Waals surface area contributed by atoms with Crippen LogP contribution in [-0.2, 0) is 11.3 Å². The minimum absolute atomic E-state index is 0.127. The Labute approximate surface area is 205 Å². The second kappa shape index (κ2) is 8.21. The van der Waals surface area contributed by atoms with E-state index in [0.29, 0.717) is 48.3 Å². The van der Waals surface area contributed by atoms with E-state index in [0.717, 1.165) is 22.5 Å². The maximum atomic E-state index is 13.8. The molecule has 35 heavy (non-hydrogen) atoms. The lowest BCUT2D eigenvalue weighted by Crippen LogP contribution is -2.55. The van der Waals surface area contributed by atoms with Crippen LogP contribution in [0, 0.1) is 0 Å². The smallest absolute Gasteiger partial charge is 0.275 e. The number of methoxy groups -OCH3 is 1. The summed E-state index contributed by atoms with van der Waals surface area (Å²) in [6, 6.07) is 5.76. The molecule has 2 aliphatic heterocycles. The van der Waals surface area contributed by atoms with Gasteiger partial charge in [0.05, 0.1) is 42.8 Å². The molecule has 0 atom stereocenters. The zero-order valence-electron chi connectivity index (χ0n) is 19.6. The fraction of sp³-hybridized carbons (Fsp3) is 0.333. The number of H-pyrrole nitrogens is 1. The van der Waals surface area contributed by atoms with Gasteiger partial charge in [-0.1, -0.05) is 0 Å². The van der Waals surface area contributed by atoms with Crippen molar-refractivity contribution in [3.8, 4) is 39.8 Å². The second-order valence-corrected chi connectivity index (χ2v) is 9.83. The summed E-state index contributed by atoms with van der Waals surface area (Å²) < 4.78 is 19.2. The number of thiophene rings is 1. The number of nitrogens with zero attached hydrogens (tertiary/aromatic N) is 5. The topological polar surface area (TPSA) is 107 Å². The highest BCUT2D eigenvalue weighted by atomic mass is 32.1. The molecular formula is C24H24N6O4S. The lowest BCUT2D eigenvalue weighted by molar-refractivity contribution is -0.0374. The highest BCUT2D eigenvalue weighted by molar-refractivity contribution is 7.08. The first-order chi connectivity index (χ1) is 17.0. The first kappa shape index (κ1) is 21.8. The van der Waals surface area contributed by atoms with Gasteiger partial charge in [0.1, 0.15) is 24.4 Å². The van der Waals surface area contributed by atoms with Crippen LogP contribution in [0.4, 0.5) is 0 Å². The number of aromatic nitrogens is 5. The van der Waals surface area contributed by atoms with E-state index in [2.05, 4.69) is 15.2 Å². The maximum Gasteiger partial charge on any atom is 0.275 e. The van der Waals surface area contributed by atoms with Crippen molar-refractivity contribution >= 4 is 17.2 Å². The normalized spacial score (nSPS) is 16.4. The van der Waals surface area contributed by atoms with Gasteiger partial charge in [-0.15, -0.1) is 0 Å². The Morgan fingerprint density at radius 3 is 2.89 bits per heavy atom. The van der Waals surface area contributed by atoms with Crippen molar-refractivity contribution in [2.24, 2.45) is 0 Å². The summed E-state index contributed by atoms with van der Waals surface area (Å²) in [6.07, 6.45) is 1.52. The van der Waals surface area contributed by atoms with Gasteiger partial charge in [-0.25, -0.2) is 9.67 Å². The highest BCUT2D eigenvalue weighted by Crippen LogP contribution is 2.45. The van der Waals surface area contributed by atoms with E-state index in [9.17, 15) is 4.79 Å². The van der Waals surface area contributed by atoms with Crippen molar-refractivity contribution in [1.29, 1.82) is 0 Å². The molecule has 6 rings (SSSR count). The summed E-state index contributed by atoms with van der Waals surface area (Å²) >= 11 is 1.57. The van der Waals surface area contributed by atoms with Gasteiger partial charge in [-0.3, -0.25) is 9.89 Å². The Kier molecular flexibility index (Phi) is 5.11. The quantitative estimate of drug-likeness (QED) is 0.464. The molecule has 1 fully saturated rings. The largest absolute Gasteiger partial charge is 0.496 e. The van der Waals surface area contributed by atoms with Crippen molar-refractivity contribution in [3.05, 3.63) is 46.5 Å². The van der Waals surface area contributed by atoms with Gasteiger partial charge in [0.15, 0.2) is 11.5 Å². The predicted molar refractivity (Wildman–Crippen MR) is 129 cm³/mol. The maximum absolute atomic E-state index is 13.8. The van der Waals surface area contributed by atoms with Crippen LogP contribution in [-0.4, -0.2) is 68.2 Å². The Balaban J connectivity index is 1.55. The number of carbonyl (C=O) groups is 1. The highest BCUT2D eigenvalue weighted by Gasteiger charge is 2.39. The average molecular weight is 493 g/mol. The van der Waals surface area contributed by atoms with Gasteiger partial charge in [0.25, 0.3) is 5.91 Å². The third-order valence-corrected chi connectivity index (χ3v) is 7.08. The van der Waals surface area contributed by atoms with Crippen LogP contribution >= 0.6 is 11.3 Å². The van der Waals surface area contributed by atoms with Crippen LogP contribution in [0.2, 0.25) is 0 Å². The first-order valence-corrected chi connectivity index (χ1v) is 12.2. The number of hydrogen-bond donors (Lipinski definition) is 1. The molecule has 1 N–H and O–H groups in total. The number of ether oxygens (including phenoxy) is 3. The Morgan fingerprint density at radius 1 is 1.29 bits per heavy atom. The van der Waals surface area contributed by atoms with E-state index < -0.39 is 5.54 Å². The number of rotatable bonds is 4. The zero-order chi connectivity index (χ0) is 24.2. The lowest BCUT2D eigenvalue weighted by atomic mass is 9.97. The molecule has 180 valence electrons. The van der Waals surface area contributed by atoms with Crippen molar-refractivity contribution in [2.75, 3.05) is 26.9 Å². The van der Waals surface area contributed by atoms with Gasteiger partial charge in [0, 0.05) is 29.1 Å². The molecule has 0 spiro atoms. The third-order valence-electron chi connectivity index (χ3n) is 6.41. The molecule has 0 unspecified atom stereocenters. The van der Waals surface area contributed by atoms with Gasteiger partial charge < -0.3 is 19.1 Å². The lowest BCUT2D eigenvalue weighted by Gasteiger charge is -2.41. The number of benzene rings is 1. The molecule has 0 radical (unpaired) electrons. The summed E-state index contributed by atoms with van der Waals surface area (Å²) in [7, 11) is 1.60. The average Bonchev–Trinajstić information content (AvgIpc) is 3.63. The summed E-state index contributed by atoms with van der Waals surface area (Å²) in [4.78, 5) is 20.0. The molecule has 10 nitrogen and oxygen atoms in total. The van der Waals surface area contributed by atoms with Crippen LogP contribution < -0.4 is 9.47 Å². The van der Waals surface area contributed by atoms with Crippen molar-refractivity contribution < 1.29 is 19.0 Å². The van der Waals surface area contributed by atoms with E-state index in [4.69, 9.17) is 19.3 Å². The number of hydrogen-bond acceptors (Lipinski definition) is 8. The van der Waals surface area contributed by atoms with Gasteiger partial charge >= 0.3 is 0 Å². The van der Waals surface area contributed by atoms with Crippen LogP contribution in [0.5, 0.6) is 11.5 Å². The van der Waals surface area contributed by atoms with E-state index in [1.165, 1.54) is 6.33 Å².